The molecule has 3 heterocycles. The van der Waals surface area contributed by atoms with Gasteiger partial charge in [0.2, 0.25) is 0 Å². The van der Waals surface area contributed by atoms with Crippen molar-refractivity contribution in [2.24, 2.45) is 0 Å². The van der Waals surface area contributed by atoms with E-state index in [1.54, 1.807) is 0 Å². The molecule has 2 nitrogen and oxygen atoms in total. The molecule has 23 heavy (non-hydrogen) atoms. The largest absolute Gasteiger partial charge is 0.339 e. The van der Waals surface area contributed by atoms with Crippen LogP contribution < -0.4 is 0 Å². The Kier molecular flexibility index (Phi) is 2.63. The Balaban J connectivity index is 1.98. The molecule has 0 saturated heterocycles. The van der Waals surface area contributed by atoms with E-state index in [2.05, 4.69) is 66.1 Å². The lowest BCUT2D eigenvalue weighted by Gasteiger charge is -2.18. The Morgan fingerprint density at radius 3 is 2.61 bits per heavy atom. The normalized spacial score (nSPS) is 13.8. The smallest absolute Gasteiger partial charge is 0.0742 e. The van der Waals surface area contributed by atoms with Crippen molar-refractivity contribution in [2.75, 3.05) is 0 Å². The molecule has 0 unspecified atom stereocenters. The van der Waals surface area contributed by atoms with Gasteiger partial charge in [0.15, 0.2) is 0 Å². The number of fused-ring (bicyclic) bond motifs is 3. The molecule has 2 heteroatoms. The lowest BCUT2D eigenvalue weighted by Crippen LogP contribution is -2.10. The zero-order valence-electron chi connectivity index (χ0n) is 13.2. The molecule has 0 fully saturated rings. The minimum Gasteiger partial charge on any atom is -0.339 e. The predicted molar refractivity (Wildman–Crippen MR) is 95.7 cm³/mol. The summed E-state index contributed by atoms with van der Waals surface area (Å²) in [6.45, 7) is 3.32. The highest BCUT2D eigenvalue weighted by Crippen LogP contribution is 2.39. The van der Waals surface area contributed by atoms with Gasteiger partial charge in [0.25, 0.3) is 0 Å². The van der Waals surface area contributed by atoms with Gasteiger partial charge in [-0.3, -0.25) is 4.98 Å². The fourth-order valence-electron chi connectivity index (χ4n) is 4.06. The number of aromatic nitrogens is 2. The number of para-hydroxylation sites is 1. The van der Waals surface area contributed by atoms with Gasteiger partial charge in [0.1, 0.15) is 0 Å². The zero-order chi connectivity index (χ0) is 15.4. The standard InChI is InChI=1S/C21H18N2/c1-14-19-16-10-5-6-12-18(16)23-13-7-11-17(21(19)23)22-20(14)15-8-3-2-4-9-15/h2-6,8-10,12H,7,11,13H2,1H3. The average molecular weight is 298 g/mol. The summed E-state index contributed by atoms with van der Waals surface area (Å²) < 4.78 is 2.47. The molecule has 1 aliphatic rings. The molecule has 2 aromatic carbocycles. The summed E-state index contributed by atoms with van der Waals surface area (Å²) in [6, 6.07) is 19.4. The Bertz CT molecular complexity index is 1040. The highest BCUT2D eigenvalue weighted by atomic mass is 15.0. The molecule has 0 aliphatic carbocycles. The van der Waals surface area contributed by atoms with E-state index >= 15 is 0 Å². The zero-order valence-corrected chi connectivity index (χ0v) is 13.2. The van der Waals surface area contributed by atoms with Crippen LogP contribution in [0.4, 0.5) is 0 Å². The van der Waals surface area contributed by atoms with Gasteiger partial charge in [-0.1, -0.05) is 48.5 Å². The summed E-state index contributed by atoms with van der Waals surface area (Å²) >= 11 is 0. The molecule has 0 spiro atoms. The molecule has 1 aliphatic heterocycles. The molecule has 5 rings (SSSR count). The average Bonchev–Trinajstić information content (AvgIpc) is 2.95. The van der Waals surface area contributed by atoms with Crippen LogP contribution in [0.25, 0.3) is 33.1 Å². The van der Waals surface area contributed by atoms with Gasteiger partial charge in [0, 0.05) is 28.4 Å². The van der Waals surface area contributed by atoms with Crippen LogP contribution in [0.2, 0.25) is 0 Å². The molecule has 0 amide bonds. The maximum atomic E-state index is 5.08. The third-order valence-corrected chi connectivity index (χ3v) is 5.06. The van der Waals surface area contributed by atoms with Crippen LogP contribution in [0.3, 0.4) is 0 Å². The number of hydrogen-bond donors (Lipinski definition) is 0. The van der Waals surface area contributed by atoms with Gasteiger partial charge in [-0.25, -0.2) is 0 Å². The van der Waals surface area contributed by atoms with Crippen molar-refractivity contribution < 1.29 is 0 Å². The van der Waals surface area contributed by atoms with Crippen LogP contribution >= 0.6 is 0 Å². The van der Waals surface area contributed by atoms with E-state index in [1.807, 2.05) is 0 Å². The molecule has 0 bridgehead atoms. The highest BCUT2D eigenvalue weighted by Gasteiger charge is 2.22. The maximum absolute atomic E-state index is 5.08. The van der Waals surface area contributed by atoms with Crippen molar-refractivity contribution >= 4 is 21.8 Å². The van der Waals surface area contributed by atoms with Crippen molar-refractivity contribution in [1.29, 1.82) is 0 Å². The Morgan fingerprint density at radius 2 is 1.74 bits per heavy atom. The number of aryl methyl sites for hydroxylation is 3. The van der Waals surface area contributed by atoms with Crippen LogP contribution in [-0.4, -0.2) is 9.55 Å². The van der Waals surface area contributed by atoms with Gasteiger partial charge in [0.05, 0.1) is 16.9 Å². The molecule has 0 N–H and O–H groups in total. The molecule has 0 saturated carbocycles. The fourth-order valence-corrected chi connectivity index (χ4v) is 4.06. The Hall–Kier alpha value is -2.61. The summed E-state index contributed by atoms with van der Waals surface area (Å²) in [5.41, 5.74) is 7.61. The number of rotatable bonds is 1. The Labute approximate surface area is 135 Å². The molecule has 112 valence electrons. The second-order valence-electron chi connectivity index (χ2n) is 6.39. The van der Waals surface area contributed by atoms with Crippen LogP contribution in [0.1, 0.15) is 17.7 Å². The van der Waals surface area contributed by atoms with E-state index in [1.165, 1.54) is 45.0 Å². The van der Waals surface area contributed by atoms with Crippen LogP contribution in [0.5, 0.6) is 0 Å². The van der Waals surface area contributed by atoms with E-state index in [-0.39, 0.29) is 0 Å². The molecule has 4 aromatic rings. The first-order valence-corrected chi connectivity index (χ1v) is 8.30. The van der Waals surface area contributed by atoms with Gasteiger partial charge < -0.3 is 4.57 Å². The first-order chi connectivity index (χ1) is 11.3. The van der Waals surface area contributed by atoms with Crippen molar-refractivity contribution in [3.8, 4) is 11.3 Å². The van der Waals surface area contributed by atoms with Crippen molar-refractivity contribution in [2.45, 2.75) is 26.3 Å². The predicted octanol–water partition coefficient (Wildman–Crippen LogP) is 5.11. The highest BCUT2D eigenvalue weighted by molar-refractivity contribution is 6.12. The molecule has 2 aromatic heterocycles. The Morgan fingerprint density at radius 1 is 0.957 bits per heavy atom. The summed E-state index contributed by atoms with van der Waals surface area (Å²) in [5.74, 6) is 0. The third kappa shape index (κ3) is 1.72. The third-order valence-electron chi connectivity index (χ3n) is 5.06. The van der Waals surface area contributed by atoms with Crippen molar-refractivity contribution in [1.82, 2.24) is 9.55 Å². The van der Waals surface area contributed by atoms with Crippen molar-refractivity contribution in [3.63, 3.8) is 0 Å². The first kappa shape index (κ1) is 12.9. The van der Waals surface area contributed by atoms with E-state index < -0.39 is 0 Å². The van der Waals surface area contributed by atoms with Gasteiger partial charge in [-0.05, 0) is 31.4 Å². The SMILES string of the molecule is Cc1c(-c2ccccc2)nc2c3c1c1ccccc1n3CCC2. The van der Waals surface area contributed by atoms with Gasteiger partial charge in [-0.2, -0.15) is 0 Å². The molecular formula is C21H18N2. The minimum atomic E-state index is 1.08. The molecule has 0 radical (unpaired) electrons. The lowest BCUT2D eigenvalue weighted by atomic mass is 9.99. The second-order valence-corrected chi connectivity index (χ2v) is 6.39. The van der Waals surface area contributed by atoms with Gasteiger partial charge in [-0.15, -0.1) is 0 Å². The summed E-state index contributed by atoms with van der Waals surface area (Å²) in [6.07, 6.45) is 2.25. The van der Waals surface area contributed by atoms with Crippen molar-refractivity contribution in [3.05, 3.63) is 65.9 Å². The van der Waals surface area contributed by atoms with E-state index in [4.69, 9.17) is 4.98 Å². The van der Waals surface area contributed by atoms with Crippen LogP contribution in [0.15, 0.2) is 54.6 Å². The topological polar surface area (TPSA) is 17.8 Å². The number of benzene rings is 2. The lowest BCUT2D eigenvalue weighted by molar-refractivity contribution is 0.640. The van der Waals surface area contributed by atoms with E-state index in [0.717, 1.165) is 18.7 Å². The monoisotopic (exact) mass is 298 g/mol. The molecular weight excluding hydrogens is 280 g/mol. The second kappa shape index (κ2) is 4.69. The summed E-state index contributed by atoms with van der Waals surface area (Å²) in [4.78, 5) is 5.08. The van der Waals surface area contributed by atoms with Gasteiger partial charge >= 0.3 is 0 Å². The minimum absolute atomic E-state index is 1.08. The van der Waals surface area contributed by atoms with Crippen LogP contribution in [0, 0.1) is 6.92 Å². The number of hydrogen-bond acceptors (Lipinski definition) is 1. The maximum Gasteiger partial charge on any atom is 0.0742 e. The summed E-state index contributed by atoms with van der Waals surface area (Å²) in [5, 5.41) is 2.76. The molecule has 0 atom stereocenters. The van der Waals surface area contributed by atoms with Crippen LogP contribution in [-0.2, 0) is 13.0 Å². The quantitative estimate of drug-likeness (QED) is 0.477. The summed E-state index contributed by atoms with van der Waals surface area (Å²) in [7, 11) is 0. The van der Waals surface area contributed by atoms with E-state index in [0.29, 0.717) is 0 Å². The first-order valence-electron chi connectivity index (χ1n) is 8.30. The number of pyridine rings is 1. The fraction of sp³-hybridized carbons (Fsp3) is 0.190. The van der Waals surface area contributed by atoms with E-state index in [9.17, 15) is 0 Å². The number of nitrogens with zero attached hydrogens (tertiary/aromatic N) is 2.